The largest absolute Gasteiger partial charge is 0.327 e. The van der Waals surface area contributed by atoms with Crippen molar-refractivity contribution in [2.75, 3.05) is 12.8 Å². The first kappa shape index (κ1) is 19.3. The van der Waals surface area contributed by atoms with Crippen LogP contribution in [0.2, 0.25) is 0 Å². The van der Waals surface area contributed by atoms with Crippen molar-refractivity contribution in [1.29, 1.82) is 0 Å². The van der Waals surface area contributed by atoms with Gasteiger partial charge in [0.05, 0.1) is 13.2 Å². The molecular weight excluding hydrogens is 388 g/mol. The van der Waals surface area contributed by atoms with Crippen molar-refractivity contribution < 1.29 is 37.3 Å². The molecule has 3 aromatic carbocycles. The van der Waals surface area contributed by atoms with Crippen LogP contribution in [0.1, 0.15) is 16.7 Å². The summed E-state index contributed by atoms with van der Waals surface area (Å²) < 4.78 is 12.4. The van der Waals surface area contributed by atoms with Crippen LogP contribution in [-0.2, 0) is 42.7 Å². The van der Waals surface area contributed by atoms with Gasteiger partial charge >= 0.3 is 0 Å². The number of benzene rings is 3. The summed E-state index contributed by atoms with van der Waals surface area (Å²) in [5.41, 5.74) is 3.21. The fraction of sp³-hybridized carbons (Fsp3) is 0.143. The fourth-order valence-corrected chi connectivity index (χ4v) is 4.71. The van der Waals surface area contributed by atoms with Crippen LogP contribution < -0.4 is 0 Å². The van der Waals surface area contributed by atoms with Crippen molar-refractivity contribution in [3.8, 4) is 0 Å². The van der Waals surface area contributed by atoms with Gasteiger partial charge in [-0.1, -0.05) is 91.0 Å². The van der Waals surface area contributed by atoms with Crippen molar-refractivity contribution in [2.45, 2.75) is 5.41 Å². The first-order valence-corrected chi connectivity index (χ1v) is 10.0. The zero-order valence-electron chi connectivity index (χ0n) is 13.9. The summed E-state index contributed by atoms with van der Waals surface area (Å²) in [6, 6.07) is 31.3. The summed E-state index contributed by atoms with van der Waals surface area (Å²) in [6.45, 7) is 1.86. The topological polar surface area (TPSA) is 17.1 Å². The molecule has 0 aliphatic rings. The molecule has 119 valence electrons. The average molecular weight is 409 g/mol. The van der Waals surface area contributed by atoms with Gasteiger partial charge in [0.1, 0.15) is 0 Å². The van der Waals surface area contributed by atoms with Gasteiger partial charge in [0, 0.05) is 38.9 Å². The van der Waals surface area contributed by atoms with Gasteiger partial charge in [-0.3, -0.25) is 0 Å². The molecule has 0 saturated carbocycles. The molecule has 1 radical (unpaired) electrons. The first-order valence-electron chi connectivity index (χ1n) is 7.89. The van der Waals surface area contributed by atoms with E-state index in [2.05, 4.69) is 72.8 Å². The normalized spacial score (nSPS) is 12.2. The van der Waals surface area contributed by atoms with E-state index in [0.29, 0.717) is 6.16 Å². The third-order valence-electron chi connectivity index (χ3n) is 4.31. The zero-order valence-corrected chi connectivity index (χ0v) is 17.7. The van der Waals surface area contributed by atoms with E-state index in [1.807, 2.05) is 24.9 Å². The molecule has 0 aliphatic carbocycles. The van der Waals surface area contributed by atoms with Crippen LogP contribution in [-0.4, -0.2) is 12.8 Å². The Morgan fingerprint density at radius 1 is 0.667 bits per heavy atom. The summed E-state index contributed by atoms with van der Waals surface area (Å²) in [5, 5.41) is 0. The molecule has 0 fully saturated rings. The van der Waals surface area contributed by atoms with E-state index in [1.165, 1.54) is 16.7 Å². The number of hydrogen-bond donors (Lipinski definition) is 0. The van der Waals surface area contributed by atoms with Gasteiger partial charge in [-0.2, -0.15) is 0 Å². The van der Waals surface area contributed by atoms with Crippen LogP contribution in [0, 0.1) is 0 Å². The van der Waals surface area contributed by atoms with Crippen molar-refractivity contribution in [2.24, 2.45) is 0 Å². The van der Waals surface area contributed by atoms with Gasteiger partial charge in [-0.25, -0.2) is 0 Å². The Morgan fingerprint density at radius 3 is 1.21 bits per heavy atom. The molecule has 3 aromatic rings. The van der Waals surface area contributed by atoms with E-state index in [1.54, 1.807) is 0 Å². The number of rotatable bonds is 5. The summed E-state index contributed by atoms with van der Waals surface area (Å²) in [6.07, 6.45) is 0.635. The zero-order chi connectivity index (χ0) is 16.1. The maximum Gasteiger partial charge on any atom is 0.0748 e. The molecule has 0 bridgehead atoms. The summed E-state index contributed by atoms with van der Waals surface area (Å²) in [5.74, 6) is 0. The molecule has 0 spiro atoms. The maximum atomic E-state index is 12.4. The van der Waals surface area contributed by atoms with E-state index >= 15 is 0 Å². The molecule has 0 aliphatic heterocycles. The minimum absolute atomic E-state index is 0. The first-order chi connectivity index (χ1) is 11.2. The third kappa shape index (κ3) is 3.97. The van der Waals surface area contributed by atoms with E-state index in [4.69, 9.17) is 0 Å². The van der Waals surface area contributed by atoms with E-state index in [-0.39, 0.29) is 38.1 Å². The van der Waals surface area contributed by atoms with Gasteiger partial charge < -0.3 is 4.57 Å². The Balaban J connectivity index is 0.00000208. The Morgan fingerprint density at radius 2 is 0.958 bits per heavy atom. The second-order valence-corrected chi connectivity index (χ2v) is 7.64. The van der Waals surface area contributed by atoms with Crippen LogP contribution in [0.3, 0.4) is 0 Å². The Labute approximate surface area is 170 Å². The molecule has 0 heterocycles. The Bertz CT molecular complexity index is 676. The second-order valence-electron chi connectivity index (χ2n) is 5.88. The molecule has 0 aromatic heterocycles. The molecule has 3 heteroatoms. The molecule has 1 unspecified atom stereocenters. The summed E-state index contributed by atoms with van der Waals surface area (Å²) in [7, 11) is -1.68. The predicted octanol–water partition coefficient (Wildman–Crippen LogP) is 5.21. The summed E-state index contributed by atoms with van der Waals surface area (Å²) >= 11 is 0. The smallest absolute Gasteiger partial charge is 0.0748 e. The quantitative estimate of drug-likeness (QED) is 0.418. The van der Waals surface area contributed by atoms with Crippen molar-refractivity contribution in [1.82, 2.24) is 0 Å². The maximum absolute atomic E-state index is 12.4. The van der Waals surface area contributed by atoms with E-state index in [0.717, 1.165) is 0 Å². The Hall–Kier alpha value is -1.01. The van der Waals surface area contributed by atoms with Gasteiger partial charge in [-0.15, -0.1) is 0 Å². The van der Waals surface area contributed by atoms with E-state index in [9.17, 15) is 4.57 Å². The Kier molecular flexibility index (Phi) is 7.17. The predicted molar refractivity (Wildman–Crippen MR) is 99.0 cm³/mol. The van der Waals surface area contributed by atoms with Gasteiger partial charge in [0.25, 0.3) is 0 Å². The van der Waals surface area contributed by atoms with Gasteiger partial charge in [0.15, 0.2) is 0 Å². The van der Waals surface area contributed by atoms with Crippen LogP contribution >= 0.6 is 7.80 Å². The molecule has 0 amide bonds. The SMILES string of the molecule is C[PH](=O)CC(c1ccccc1)(c1ccccc1)c1ccccc1.[Y]. The fourth-order valence-electron chi connectivity index (χ4n) is 3.35. The third-order valence-corrected chi connectivity index (χ3v) is 5.34. The average Bonchev–Trinajstić information content (AvgIpc) is 2.62. The van der Waals surface area contributed by atoms with Gasteiger partial charge in [0.2, 0.25) is 0 Å². The minimum atomic E-state index is -1.68. The van der Waals surface area contributed by atoms with Crippen LogP contribution in [0.4, 0.5) is 0 Å². The second kappa shape index (κ2) is 8.90. The molecule has 24 heavy (non-hydrogen) atoms. The van der Waals surface area contributed by atoms with E-state index < -0.39 is 7.80 Å². The molecule has 0 N–H and O–H groups in total. The van der Waals surface area contributed by atoms with Crippen LogP contribution in [0.25, 0.3) is 0 Å². The summed E-state index contributed by atoms with van der Waals surface area (Å²) in [4.78, 5) is 0. The van der Waals surface area contributed by atoms with Crippen LogP contribution in [0.15, 0.2) is 91.0 Å². The molecule has 1 atom stereocenters. The molecule has 1 nitrogen and oxygen atoms in total. The molecule has 3 rings (SSSR count). The molecule has 0 saturated heterocycles. The van der Waals surface area contributed by atoms with Crippen molar-refractivity contribution >= 4 is 7.80 Å². The standard InChI is InChI=1S/C21H21OP.Y/c1-23(22)17-21(18-11-5-2-6-12-18,19-13-7-3-8-14-19)20-15-9-4-10-16-20;/h2-16,23H,17H2,1H3;. The number of hydrogen-bond acceptors (Lipinski definition) is 1. The monoisotopic (exact) mass is 409 g/mol. The van der Waals surface area contributed by atoms with Crippen molar-refractivity contribution in [3.05, 3.63) is 108 Å². The van der Waals surface area contributed by atoms with Crippen LogP contribution in [0.5, 0.6) is 0 Å². The van der Waals surface area contributed by atoms with Gasteiger partial charge in [-0.05, 0) is 23.4 Å². The molecular formula is C21H21OPY. The van der Waals surface area contributed by atoms with Crippen molar-refractivity contribution in [3.63, 3.8) is 0 Å². The minimum Gasteiger partial charge on any atom is -0.327 e.